The lowest BCUT2D eigenvalue weighted by atomic mass is 9.95. The smallest absolute Gasteiger partial charge is 0.237 e. The van der Waals surface area contributed by atoms with E-state index < -0.39 is 6.10 Å². The van der Waals surface area contributed by atoms with Crippen LogP contribution in [0.4, 0.5) is 0 Å². The molecule has 0 radical (unpaired) electrons. The van der Waals surface area contributed by atoms with Gasteiger partial charge in [-0.3, -0.25) is 14.5 Å². The molecule has 1 aliphatic carbocycles. The van der Waals surface area contributed by atoms with Gasteiger partial charge in [-0.05, 0) is 32.1 Å². The third-order valence-electron chi connectivity index (χ3n) is 6.16. The van der Waals surface area contributed by atoms with Crippen molar-refractivity contribution in [3.8, 4) is 0 Å². The molecule has 1 saturated carbocycles. The molecule has 3 aliphatic rings. The number of nitrogens with one attached hydrogen (secondary N) is 1. The monoisotopic (exact) mass is 351 g/mol. The second kappa shape index (κ2) is 8.49. The van der Waals surface area contributed by atoms with Crippen LogP contribution in [0.2, 0.25) is 0 Å². The largest absolute Gasteiger partial charge is 0.392 e. The van der Waals surface area contributed by atoms with Crippen molar-refractivity contribution in [2.75, 3.05) is 19.6 Å². The van der Waals surface area contributed by atoms with Crippen LogP contribution in [0, 0.1) is 0 Å². The van der Waals surface area contributed by atoms with Crippen LogP contribution in [0.5, 0.6) is 0 Å². The standard InChI is InChI=1S/C19H33N3O3/c1-2-18(24)21-10-8-15(9-11-21)22-13-16(23)12-17(22)19(25)20-14-6-4-3-5-7-14/h14-17,23H,2-13H2,1H3,(H,20,25)/t16-,17+/m1/s1. The summed E-state index contributed by atoms with van der Waals surface area (Å²) in [6, 6.07) is 0.389. The third-order valence-corrected chi connectivity index (χ3v) is 6.16. The van der Waals surface area contributed by atoms with E-state index in [1.807, 2.05) is 11.8 Å². The number of aliphatic hydroxyl groups is 1. The molecule has 2 saturated heterocycles. The van der Waals surface area contributed by atoms with Crippen molar-refractivity contribution in [3.63, 3.8) is 0 Å². The fraction of sp³-hybridized carbons (Fsp3) is 0.895. The zero-order valence-electron chi connectivity index (χ0n) is 15.5. The van der Waals surface area contributed by atoms with Crippen LogP contribution < -0.4 is 5.32 Å². The van der Waals surface area contributed by atoms with E-state index in [0.717, 1.165) is 38.8 Å². The second-order valence-corrected chi connectivity index (χ2v) is 7.91. The molecule has 142 valence electrons. The van der Waals surface area contributed by atoms with E-state index >= 15 is 0 Å². The normalized spacial score (nSPS) is 29.8. The van der Waals surface area contributed by atoms with Gasteiger partial charge in [0.15, 0.2) is 0 Å². The van der Waals surface area contributed by atoms with Crippen molar-refractivity contribution >= 4 is 11.8 Å². The van der Waals surface area contributed by atoms with Gasteiger partial charge in [0, 0.05) is 38.1 Å². The van der Waals surface area contributed by atoms with E-state index in [1.165, 1.54) is 19.3 Å². The van der Waals surface area contributed by atoms with Gasteiger partial charge in [-0.15, -0.1) is 0 Å². The summed E-state index contributed by atoms with van der Waals surface area (Å²) in [4.78, 5) is 28.8. The fourth-order valence-electron chi connectivity index (χ4n) is 4.71. The molecule has 3 rings (SSSR count). The van der Waals surface area contributed by atoms with Gasteiger partial charge in [0.05, 0.1) is 12.1 Å². The van der Waals surface area contributed by atoms with Crippen molar-refractivity contribution in [3.05, 3.63) is 0 Å². The molecule has 0 aromatic carbocycles. The molecule has 3 fully saturated rings. The topological polar surface area (TPSA) is 72.9 Å². The molecular formula is C19H33N3O3. The number of carbonyl (C=O) groups excluding carboxylic acids is 2. The fourth-order valence-corrected chi connectivity index (χ4v) is 4.71. The van der Waals surface area contributed by atoms with Crippen LogP contribution in [-0.2, 0) is 9.59 Å². The predicted molar refractivity (Wildman–Crippen MR) is 96.0 cm³/mol. The minimum absolute atomic E-state index is 0.0931. The highest BCUT2D eigenvalue weighted by Gasteiger charge is 2.41. The summed E-state index contributed by atoms with van der Waals surface area (Å²) >= 11 is 0. The molecule has 2 amide bonds. The van der Waals surface area contributed by atoms with E-state index in [0.29, 0.717) is 31.5 Å². The minimum atomic E-state index is -0.419. The number of likely N-dealkylation sites (tertiary alicyclic amines) is 2. The summed E-state index contributed by atoms with van der Waals surface area (Å²) < 4.78 is 0. The highest BCUT2D eigenvalue weighted by Crippen LogP contribution is 2.27. The first-order valence-electron chi connectivity index (χ1n) is 10.1. The Morgan fingerprint density at radius 2 is 1.76 bits per heavy atom. The van der Waals surface area contributed by atoms with Crippen LogP contribution in [-0.4, -0.2) is 70.6 Å². The Morgan fingerprint density at radius 1 is 1.08 bits per heavy atom. The molecule has 2 heterocycles. The molecule has 25 heavy (non-hydrogen) atoms. The first-order chi connectivity index (χ1) is 12.1. The lowest BCUT2D eigenvalue weighted by molar-refractivity contribution is -0.133. The second-order valence-electron chi connectivity index (χ2n) is 7.91. The molecule has 2 atom stereocenters. The number of hydrogen-bond donors (Lipinski definition) is 2. The maximum atomic E-state index is 12.8. The summed E-state index contributed by atoms with van der Waals surface area (Å²) in [5.74, 6) is 0.307. The number of aliphatic hydroxyl groups excluding tert-OH is 1. The molecule has 0 aromatic heterocycles. The number of carbonyl (C=O) groups is 2. The van der Waals surface area contributed by atoms with Crippen LogP contribution in [0.1, 0.15) is 64.7 Å². The lowest BCUT2D eigenvalue weighted by Crippen LogP contribution is -2.53. The van der Waals surface area contributed by atoms with E-state index in [9.17, 15) is 14.7 Å². The van der Waals surface area contributed by atoms with Crippen molar-refractivity contribution in [1.29, 1.82) is 0 Å². The Kier molecular flexibility index (Phi) is 6.34. The number of β-amino-alcohol motifs (C(OH)–C–C–N with tert-alkyl or cyclic N) is 1. The minimum Gasteiger partial charge on any atom is -0.392 e. The van der Waals surface area contributed by atoms with E-state index in [-0.39, 0.29) is 17.9 Å². The zero-order chi connectivity index (χ0) is 17.8. The van der Waals surface area contributed by atoms with Gasteiger partial charge >= 0.3 is 0 Å². The summed E-state index contributed by atoms with van der Waals surface area (Å²) in [6.45, 7) is 4.01. The Hall–Kier alpha value is -1.14. The molecular weight excluding hydrogens is 318 g/mol. The molecule has 0 aromatic rings. The van der Waals surface area contributed by atoms with Gasteiger partial charge in [-0.1, -0.05) is 26.2 Å². The Labute approximate surface area is 150 Å². The average Bonchev–Trinajstić information content (AvgIpc) is 3.04. The molecule has 6 heteroatoms. The highest BCUT2D eigenvalue weighted by atomic mass is 16.3. The molecule has 0 unspecified atom stereocenters. The van der Waals surface area contributed by atoms with Crippen molar-refractivity contribution in [2.24, 2.45) is 0 Å². The van der Waals surface area contributed by atoms with Crippen LogP contribution in [0.15, 0.2) is 0 Å². The zero-order valence-corrected chi connectivity index (χ0v) is 15.5. The van der Waals surface area contributed by atoms with Crippen LogP contribution >= 0.6 is 0 Å². The number of hydrogen-bond acceptors (Lipinski definition) is 4. The summed E-state index contributed by atoms with van der Waals surface area (Å²) in [5, 5.41) is 13.4. The highest BCUT2D eigenvalue weighted by molar-refractivity contribution is 5.82. The van der Waals surface area contributed by atoms with Gasteiger partial charge in [0.1, 0.15) is 0 Å². The lowest BCUT2D eigenvalue weighted by Gasteiger charge is -2.39. The third kappa shape index (κ3) is 4.53. The molecule has 6 nitrogen and oxygen atoms in total. The van der Waals surface area contributed by atoms with Crippen molar-refractivity contribution < 1.29 is 14.7 Å². The van der Waals surface area contributed by atoms with Gasteiger partial charge < -0.3 is 15.3 Å². The number of nitrogens with zero attached hydrogens (tertiary/aromatic N) is 2. The Balaban J connectivity index is 1.56. The molecule has 0 bridgehead atoms. The number of rotatable bonds is 4. The molecule has 2 N–H and O–H groups in total. The van der Waals surface area contributed by atoms with Crippen LogP contribution in [0.25, 0.3) is 0 Å². The van der Waals surface area contributed by atoms with E-state index in [2.05, 4.69) is 10.2 Å². The maximum Gasteiger partial charge on any atom is 0.237 e. The predicted octanol–water partition coefficient (Wildman–Crippen LogP) is 1.27. The maximum absolute atomic E-state index is 12.8. The van der Waals surface area contributed by atoms with Gasteiger partial charge in [-0.25, -0.2) is 0 Å². The first-order valence-corrected chi connectivity index (χ1v) is 10.1. The van der Waals surface area contributed by atoms with E-state index in [1.54, 1.807) is 0 Å². The summed E-state index contributed by atoms with van der Waals surface area (Å²) in [5.41, 5.74) is 0. The first kappa shape index (κ1) is 18.6. The van der Waals surface area contributed by atoms with Gasteiger partial charge in [0.2, 0.25) is 11.8 Å². The Morgan fingerprint density at radius 3 is 2.40 bits per heavy atom. The Bertz CT molecular complexity index is 471. The SMILES string of the molecule is CCC(=O)N1CCC(N2C[C@H](O)C[C@H]2C(=O)NC2CCCCC2)CC1. The van der Waals surface area contributed by atoms with Gasteiger partial charge in [-0.2, -0.15) is 0 Å². The molecule has 0 spiro atoms. The number of amides is 2. The van der Waals surface area contributed by atoms with E-state index in [4.69, 9.17) is 0 Å². The van der Waals surface area contributed by atoms with Crippen LogP contribution in [0.3, 0.4) is 0 Å². The molecule has 2 aliphatic heterocycles. The summed E-state index contributed by atoms with van der Waals surface area (Å²) in [7, 11) is 0. The quantitative estimate of drug-likeness (QED) is 0.800. The number of piperidine rings is 1. The average molecular weight is 351 g/mol. The summed E-state index contributed by atoms with van der Waals surface area (Å²) in [6.07, 6.45) is 8.30. The van der Waals surface area contributed by atoms with Crippen molar-refractivity contribution in [2.45, 2.75) is 88.9 Å². The van der Waals surface area contributed by atoms with Crippen molar-refractivity contribution in [1.82, 2.24) is 15.1 Å². The van der Waals surface area contributed by atoms with Gasteiger partial charge in [0.25, 0.3) is 0 Å².